The number of aliphatic hydroxyl groups excluding tert-OH is 1. The Morgan fingerprint density at radius 2 is 0.622 bits per heavy atom. The van der Waals surface area contributed by atoms with Crippen LogP contribution in [0.25, 0.3) is 0 Å². The number of esters is 4. The number of hydrogen-bond donors (Lipinski definition) is 3. The molecule has 0 fully saturated rings. The van der Waals surface area contributed by atoms with Gasteiger partial charge in [0, 0.05) is 25.7 Å². The molecule has 0 saturated carbocycles. The molecule has 0 rings (SSSR count). The fourth-order valence-corrected chi connectivity index (χ4v) is 10.9. The van der Waals surface area contributed by atoms with Crippen LogP contribution in [0.2, 0.25) is 0 Å². The number of phosphoric acid groups is 2. The van der Waals surface area contributed by atoms with Gasteiger partial charge in [-0.3, -0.25) is 37.3 Å². The maximum atomic E-state index is 13.0. The lowest BCUT2D eigenvalue weighted by molar-refractivity contribution is -0.161. The minimum absolute atomic E-state index is 0.104. The Hall–Kier alpha value is -1.94. The molecule has 0 aliphatic rings. The first-order valence-electron chi connectivity index (χ1n) is 33.0. The van der Waals surface area contributed by atoms with E-state index in [-0.39, 0.29) is 25.7 Å². The van der Waals surface area contributed by atoms with Crippen LogP contribution in [0, 0.1) is 11.8 Å². The van der Waals surface area contributed by atoms with Gasteiger partial charge < -0.3 is 33.8 Å². The van der Waals surface area contributed by atoms with Crippen molar-refractivity contribution in [3.63, 3.8) is 0 Å². The van der Waals surface area contributed by atoms with E-state index in [9.17, 15) is 43.2 Å². The van der Waals surface area contributed by atoms with Crippen LogP contribution in [-0.4, -0.2) is 96.7 Å². The van der Waals surface area contributed by atoms with E-state index in [0.717, 1.165) is 127 Å². The van der Waals surface area contributed by atoms with Crippen LogP contribution >= 0.6 is 15.6 Å². The fraction of sp³-hybridized carbons (Fsp3) is 0.937. The van der Waals surface area contributed by atoms with Crippen molar-refractivity contribution in [1.82, 2.24) is 0 Å². The Bertz CT molecular complexity index is 1620. The standard InChI is InChI=1S/C63H122O17P2/c1-7-10-12-14-16-27-35-41-47-62(67)79-58(51-73-60(65)45-39-33-25-15-13-11-8-2)53-77-81(69,70)75-49-57(64)50-76-82(71,72)78-54-59(52-74-61(66)46-40-34-30-29-32-38-44-56(6)9-3)80-63(68)48-42-36-28-24-22-20-18-17-19-21-23-26-31-37-43-55(4)5/h55-59,64H,7-54H2,1-6H3,(H,69,70)(H,71,72)/t56?,57-,58+,59+/m0/s1. The van der Waals surface area contributed by atoms with E-state index in [1.165, 1.54) is 103 Å². The van der Waals surface area contributed by atoms with Gasteiger partial charge in [-0.1, -0.05) is 260 Å². The number of carbonyl (C=O) groups excluding carboxylic acids is 4. The molecule has 82 heavy (non-hydrogen) atoms. The Labute approximate surface area is 498 Å². The summed E-state index contributed by atoms with van der Waals surface area (Å²) < 4.78 is 67.8. The topological polar surface area (TPSA) is 237 Å². The van der Waals surface area contributed by atoms with Crippen LogP contribution in [-0.2, 0) is 65.4 Å². The van der Waals surface area contributed by atoms with Gasteiger partial charge in [0.25, 0.3) is 0 Å². The first-order valence-corrected chi connectivity index (χ1v) is 36.0. The van der Waals surface area contributed by atoms with Gasteiger partial charge in [0.1, 0.15) is 19.3 Å². The normalized spacial score (nSPS) is 14.7. The molecule has 3 unspecified atom stereocenters. The molecule has 3 N–H and O–H groups in total. The third-order valence-electron chi connectivity index (χ3n) is 14.8. The SMILES string of the molecule is CCCCCCCCCCC(=O)O[C@H](COC(=O)CCCCCCCCC)COP(=O)(O)OC[C@H](O)COP(=O)(O)OC[C@@H](COC(=O)CCCCCCCCC(C)CC)OC(=O)CCCCCCCCCCCCCCCCC(C)C. The predicted octanol–water partition coefficient (Wildman–Crippen LogP) is 17.3. The molecule has 0 aliphatic carbocycles. The summed E-state index contributed by atoms with van der Waals surface area (Å²) in [5, 5.41) is 10.5. The molecule has 0 aromatic rings. The number of ether oxygens (including phenoxy) is 4. The summed E-state index contributed by atoms with van der Waals surface area (Å²) in [6.45, 7) is 9.40. The van der Waals surface area contributed by atoms with Gasteiger partial charge in [0.15, 0.2) is 12.2 Å². The van der Waals surface area contributed by atoms with Crippen molar-refractivity contribution in [2.24, 2.45) is 11.8 Å². The van der Waals surface area contributed by atoms with Crippen molar-refractivity contribution in [1.29, 1.82) is 0 Å². The van der Waals surface area contributed by atoms with E-state index < -0.39 is 97.5 Å². The van der Waals surface area contributed by atoms with Crippen molar-refractivity contribution < 1.29 is 80.2 Å². The summed E-state index contributed by atoms with van der Waals surface area (Å²) >= 11 is 0. The van der Waals surface area contributed by atoms with Crippen LogP contribution in [0.1, 0.15) is 311 Å². The van der Waals surface area contributed by atoms with Crippen molar-refractivity contribution >= 4 is 39.5 Å². The Kier molecular flexibility index (Phi) is 54.3. The number of phosphoric ester groups is 2. The first-order chi connectivity index (χ1) is 39.4. The highest BCUT2D eigenvalue weighted by Gasteiger charge is 2.30. The molecule has 6 atom stereocenters. The van der Waals surface area contributed by atoms with Crippen LogP contribution < -0.4 is 0 Å². The van der Waals surface area contributed by atoms with Crippen LogP contribution in [0.15, 0.2) is 0 Å². The number of unbranched alkanes of at least 4 members (excludes halogenated alkanes) is 31. The van der Waals surface area contributed by atoms with Gasteiger partial charge >= 0.3 is 39.5 Å². The zero-order valence-electron chi connectivity index (χ0n) is 52.8. The van der Waals surface area contributed by atoms with Crippen molar-refractivity contribution in [3.05, 3.63) is 0 Å². The van der Waals surface area contributed by atoms with Crippen molar-refractivity contribution in [2.45, 2.75) is 330 Å². The molecule has 486 valence electrons. The summed E-state index contributed by atoms with van der Waals surface area (Å²) in [6, 6.07) is 0. The molecule has 0 heterocycles. The van der Waals surface area contributed by atoms with Gasteiger partial charge in [-0.2, -0.15) is 0 Å². The van der Waals surface area contributed by atoms with Crippen LogP contribution in [0.3, 0.4) is 0 Å². The number of aliphatic hydroxyl groups is 1. The highest BCUT2D eigenvalue weighted by atomic mass is 31.2. The Morgan fingerprint density at radius 3 is 0.927 bits per heavy atom. The summed E-state index contributed by atoms with van der Waals surface area (Å²) in [5.74, 6) is -0.617. The van der Waals surface area contributed by atoms with Gasteiger partial charge in [-0.15, -0.1) is 0 Å². The average molecular weight is 1210 g/mol. The third kappa shape index (κ3) is 55.9. The molecular formula is C63H122O17P2. The van der Waals surface area contributed by atoms with E-state index in [0.29, 0.717) is 25.7 Å². The minimum atomic E-state index is -4.94. The zero-order chi connectivity index (χ0) is 60.8. The maximum absolute atomic E-state index is 13.0. The summed E-state index contributed by atoms with van der Waals surface area (Å²) in [6.07, 6.45) is 37.8. The van der Waals surface area contributed by atoms with E-state index in [1.54, 1.807) is 0 Å². The Morgan fingerprint density at radius 1 is 0.354 bits per heavy atom. The molecule has 0 radical (unpaired) electrons. The second kappa shape index (κ2) is 55.6. The van der Waals surface area contributed by atoms with E-state index in [1.807, 2.05) is 0 Å². The maximum Gasteiger partial charge on any atom is 0.472 e. The van der Waals surface area contributed by atoms with Gasteiger partial charge in [0.05, 0.1) is 26.4 Å². The molecule has 0 amide bonds. The highest BCUT2D eigenvalue weighted by molar-refractivity contribution is 7.47. The molecule has 0 aromatic heterocycles. The molecule has 19 heteroatoms. The zero-order valence-corrected chi connectivity index (χ0v) is 54.6. The first kappa shape index (κ1) is 80.1. The number of hydrogen-bond acceptors (Lipinski definition) is 15. The lowest BCUT2D eigenvalue weighted by Gasteiger charge is -2.21. The lowest BCUT2D eigenvalue weighted by Crippen LogP contribution is -2.30. The smallest absolute Gasteiger partial charge is 0.462 e. The minimum Gasteiger partial charge on any atom is -0.462 e. The molecule has 0 aromatic carbocycles. The number of carbonyl (C=O) groups is 4. The second-order valence-electron chi connectivity index (χ2n) is 23.5. The van der Waals surface area contributed by atoms with Crippen LogP contribution in [0.5, 0.6) is 0 Å². The number of rotatable bonds is 62. The van der Waals surface area contributed by atoms with E-state index in [4.69, 9.17) is 37.0 Å². The van der Waals surface area contributed by atoms with E-state index >= 15 is 0 Å². The molecule has 0 saturated heterocycles. The fourth-order valence-electron chi connectivity index (χ4n) is 9.32. The largest absolute Gasteiger partial charge is 0.472 e. The average Bonchev–Trinajstić information content (AvgIpc) is 3.45. The molecule has 0 spiro atoms. The molecule has 0 bridgehead atoms. The predicted molar refractivity (Wildman–Crippen MR) is 326 cm³/mol. The molecule has 0 aliphatic heterocycles. The van der Waals surface area contributed by atoms with Crippen LogP contribution in [0.4, 0.5) is 0 Å². The lowest BCUT2D eigenvalue weighted by atomic mass is 10.00. The second-order valence-corrected chi connectivity index (χ2v) is 26.4. The highest BCUT2D eigenvalue weighted by Crippen LogP contribution is 2.45. The summed E-state index contributed by atoms with van der Waals surface area (Å²) in [5.41, 5.74) is 0. The summed E-state index contributed by atoms with van der Waals surface area (Å²) in [4.78, 5) is 72.0. The van der Waals surface area contributed by atoms with Gasteiger partial charge in [-0.25, -0.2) is 9.13 Å². The summed E-state index contributed by atoms with van der Waals surface area (Å²) in [7, 11) is -9.88. The van der Waals surface area contributed by atoms with Gasteiger partial charge in [0.2, 0.25) is 0 Å². The monoisotopic (exact) mass is 1210 g/mol. The third-order valence-corrected chi connectivity index (χ3v) is 16.7. The molecule has 17 nitrogen and oxygen atoms in total. The Balaban J connectivity index is 5.17. The van der Waals surface area contributed by atoms with Crippen molar-refractivity contribution in [3.8, 4) is 0 Å². The quantitative estimate of drug-likeness (QED) is 0.0222. The van der Waals surface area contributed by atoms with Gasteiger partial charge in [-0.05, 0) is 37.5 Å². The van der Waals surface area contributed by atoms with E-state index in [2.05, 4.69) is 41.5 Å². The molecular weight excluding hydrogens is 1090 g/mol. The van der Waals surface area contributed by atoms with Crippen molar-refractivity contribution in [2.75, 3.05) is 39.6 Å².